The molecule has 0 atom stereocenters. The Kier molecular flexibility index (Phi) is 29.1. The Hall–Kier alpha value is -13.1. The lowest BCUT2D eigenvalue weighted by Gasteiger charge is -2.27. The average molecular weight is 1840 g/mol. The number of ketones is 8. The van der Waals surface area contributed by atoms with Gasteiger partial charge in [-0.2, -0.15) is 50.1 Å². The quantitative estimate of drug-likeness (QED) is 0.00958. The third kappa shape index (κ3) is 21.6. The van der Waals surface area contributed by atoms with Crippen LogP contribution < -0.4 is 37.2 Å². The van der Waals surface area contributed by atoms with Crippen molar-refractivity contribution in [1.82, 2.24) is 0 Å². The molecule has 0 heterocycles. The molecule has 0 aliphatic heterocycles. The van der Waals surface area contributed by atoms with Crippen LogP contribution in [0.15, 0.2) is 48.5 Å². The molecule has 0 saturated heterocycles. The van der Waals surface area contributed by atoms with Crippen molar-refractivity contribution in [2.45, 2.75) is 0 Å². The maximum absolute atomic E-state index is 15.2. The second-order valence-electron chi connectivity index (χ2n) is 34.4. The fraction of sp³-hybridized carbons (Fsp3) is 0.333. The molecular weight excluding hydrogens is 1740 g/mol. The third-order valence-electron chi connectivity index (χ3n) is 20.5. The number of quaternary nitrogens is 7. The van der Waals surface area contributed by atoms with Crippen LogP contribution >= 0.6 is 0 Å². The van der Waals surface area contributed by atoms with Gasteiger partial charge in [0.25, 0.3) is 0 Å². The minimum Gasteiger partial charge on any atom is -0.507 e. The summed E-state index contributed by atoms with van der Waals surface area (Å²) in [6.07, 6.45) is 0. The van der Waals surface area contributed by atoms with Gasteiger partial charge in [-0.15, -0.1) is 0 Å². The predicted octanol–water partition coefficient (Wildman–Crippen LogP) is 7.89. The highest BCUT2D eigenvalue weighted by Crippen LogP contribution is 2.50. The molecule has 0 amide bonds. The summed E-state index contributed by atoms with van der Waals surface area (Å²) in [7, 11) is 20.9. The molecule has 0 unspecified atom stereocenters. The van der Waals surface area contributed by atoms with Gasteiger partial charge in [0.2, 0.25) is 63.8 Å². The van der Waals surface area contributed by atoms with Crippen LogP contribution in [-0.4, -0.2) is 346 Å². The van der Waals surface area contributed by atoms with Gasteiger partial charge in [-0.25, -0.2) is 58.4 Å². The highest BCUT2D eigenvalue weighted by molar-refractivity contribution is 6.36. The number of halogens is 9. The predicted molar refractivity (Wildman–Crippen MR) is 443 cm³/mol. The fourth-order valence-corrected chi connectivity index (χ4v) is 14.0. The molecular formula is C84H100F9N14O23+7. The summed E-state index contributed by atoms with van der Waals surface area (Å²) in [4.78, 5) is 106. The number of nitrogens with zero attached hydrogens (tertiary/aromatic N) is 7. The van der Waals surface area contributed by atoms with Crippen LogP contribution in [0.1, 0.15) is 127 Å². The summed E-state index contributed by atoms with van der Waals surface area (Å²) >= 11 is 0. The van der Waals surface area contributed by atoms with E-state index in [-0.39, 0.29) is 162 Å². The molecule has 0 fully saturated rings. The first-order valence-electron chi connectivity index (χ1n) is 39.4. The summed E-state index contributed by atoms with van der Waals surface area (Å²) in [5.74, 6) is -30.5. The lowest BCUT2D eigenvalue weighted by molar-refractivity contribution is -1.07. The first-order valence-corrected chi connectivity index (χ1v) is 39.4. The molecule has 0 spiro atoms. The number of rotatable bonds is 28. The first-order chi connectivity index (χ1) is 59.8. The van der Waals surface area contributed by atoms with Crippen molar-refractivity contribution in [2.24, 2.45) is 0 Å². The third-order valence-corrected chi connectivity index (χ3v) is 20.5. The Bertz CT molecular complexity index is 5880. The zero-order chi connectivity index (χ0) is 97.7. The van der Waals surface area contributed by atoms with E-state index in [1.807, 2.05) is 0 Å². The van der Waals surface area contributed by atoms with Crippen LogP contribution in [0.3, 0.4) is 0 Å². The van der Waals surface area contributed by atoms with E-state index in [1.54, 1.807) is 0 Å². The second kappa shape index (κ2) is 37.6. The van der Waals surface area contributed by atoms with E-state index < -0.39 is 236 Å². The number of hydroxylamine groups is 21. The SMILES string of the molecule is C[N+](C)(O)CCNc1c(F)c(F)c(NCC[N+](C)(C)O)c2c1C(=O)c1c(O)cc(F)c(O)c1C2=O.C[N+](C)(O)CCNc1c(F)ccc2c1C(=O)c1c(O)c(F)c(F)c(O)c1C2=O.C[N+](C)(O)CCNc1cc(F)c(NCC[N+](C)(C)O)c2c1C(=O)c1c(O)ccc(O)c1C2=O.C[N+](C)(O)CCNc1ccc(NCC[N+](C)(C)O)c2c1C(=O)c1c(O)c(F)c(F)c(O)c1C2=O. The van der Waals surface area contributed by atoms with Gasteiger partial charge in [0, 0.05) is 28.7 Å². The lowest BCUT2D eigenvalue weighted by atomic mass is 9.80. The van der Waals surface area contributed by atoms with Gasteiger partial charge in [0.1, 0.15) is 74.7 Å². The summed E-state index contributed by atoms with van der Waals surface area (Å²) < 4.78 is 127. The number of hydrogen-bond acceptors (Lipinski definition) is 30. The number of carbonyl (C=O) groups excluding carboxylic acids is 8. The van der Waals surface area contributed by atoms with Crippen molar-refractivity contribution in [3.8, 4) is 46.0 Å². The molecule has 700 valence electrons. The number of phenols is 8. The lowest BCUT2D eigenvalue weighted by Crippen LogP contribution is -2.40. The molecule has 22 N–H and O–H groups in total. The second-order valence-corrected chi connectivity index (χ2v) is 34.4. The molecule has 46 heteroatoms. The number of fused-ring (bicyclic) bond motifs is 8. The van der Waals surface area contributed by atoms with E-state index >= 15 is 13.2 Å². The van der Waals surface area contributed by atoms with Gasteiger partial charge in [-0.1, -0.05) is 0 Å². The Balaban J connectivity index is 0.000000196. The van der Waals surface area contributed by atoms with Crippen molar-refractivity contribution >= 4 is 86.1 Å². The topological polar surface area (TPSA) is 524 Å². The van der Waals surface area contributed by atoms with Gasteiger partial charge >= 0.3 is 0 Å². The number of hydrogen-bond donors (Lipinski definition) is 22. The number of phenolic OH excluding ortho intramolecular Hbond substituents is 8. The van der Waals surface area contributed by atoms with Gasteiger partial charge in [-0.3, -0.25) is 38.4 Å². The summed E-state index contributed by atoms with van der Waals surface area (Å²) in [5, 5.41) is 169. The van der Waals surface area contributed by atoms with Gasteiger partial charge in [0.05, 0.1) is 251 Å². The summed E-state index contributed by atoms with van der Waals surface area (Å²) in [6, 6.07) is 8.54. The minimum atomic E-state index is -1.90. The molecule has 0 saturated carbocycles. The van der Waals surface area contributed by atoms with Crippen LogP contribution in [0, 0.1) is 52.4 Å². The van der Waals surface area contributed by atoms with Crippen LogP contribution in [0.4, 0.5) is 79.3 Å². The Morgan fingerprint density at radius 3 is 0.808 bits per heavy atom. The molecule has 0 radical (unpaired) electrons. The zero-order valence-electron chi connectivity index (χ0n) is 72.5. The zero-order valence-corrected chi connectivity index (χ0v) is 72.5. The van der Waals surface area contributed by atoms with E-state index in [2.05, 4.69) is 37.2 Å². The monoisotopic (exact) mass is 1840 g/mol. The number of likely N-dealkylation sites (N-methyl/N-ethyl adjacent to an activating group) is 7. The average Bonchev–Trinajstić information content (AvgIpc) is 0.683. The molecule has 8 aromatic carbocycles. The number of carbonyl (C=O) groups is 8. The largest absolute Gasteiger partial charge is 0.507 e. The fourth-order valence-electron chi connectivity index (χ4n) is 14.0. The van der Waals surface area contributed by atoms with Crippen molar-refractivity contribution < 1.29 is 188 Å². The van der Waals surface area contributed by atoms with Gasteiger partial charge in [0.15, 0.2) is 52.0 Å². The Morgan fingerprint density at radius 1 is 0.223 bits per heavy atom. The smallest absolute Gasteiger partial charge is 0.205 e. The van der Waals surface area contributed by atoms with E-state index in [1.165, 1.54) is 111 Å². The molecule has 8 aromatic rings. The molecule has 12 rings (SSSR count). The number of nitrogens with one attached hydrogen (secondary N) is 7. The molecule has 4 aliphatic carbocycles. The van der Waals surface area contributed by atoms with Crippen LogP contribution in [0.5, 0.6) is 46.0 Å². The summed E-state index contributed by atoms with van der Waals surface area (Å²) in [6.45, 7) is 1.20. The van der Waals surface area contributed by atoms with Crippen molar-refractivity contribution in [3.05, 3.63) is 190 Å². The maximum atomic E-state index is 15.2. The number of anilines is 7. The number of benzene rings is 8. The van der Waals surface area contributed by atoms with Crippen LogP contribution in [-0.2, 0) is 0 Å². The van der Waals surface area contributed by atoms with E-state index in [0.717, 1.165) is 30.3 Å². The Morgan fingerprint density at radius 2 is 0.469 bits per heavy atom. The molecule has 4 aliphatic rings. The minimum absolute atomic E-state index is 0.000210. The first kappa shape index (κ1) is 101. The molecule has 0 aromatic heterocycles. The van der Waals surface area contributed by atoms with E-state index in [0.29, 0.717) is 6.07 Å². The van der Waals surface area contributed by atoms with Crippen molar-refractivity contribution in [3.63, 3.8) is 0 Å². The molecule has 130 heavy (non-hydrogen) atoms. The standard InChI is InChI=1S/C22H25F3N4O6.C22H26F2N4O6.C22H27FN4O6.C18H15F3N2O5/c1-28(2,34)7-5-26-18-13-14(19(17(25)16(18)24)27-6-8-29(3,4)35)22(33)15-12(21(13)32)11(30)9-10(23)20(15)31;1-27(2,33)9-7-25-11-5-6-12(26-8-10-28(3,4)34)14-13(11)19(29)15-16(20(14)30)22(32)18(24)17(23)21(15)31;1-26(2,32)9-7-24-13-11-12(23)20(25-8-10-27(3,4)33)19-16(13)21(30)17-14(28)5-6-15(29)18(17)22(19)31;1-23(2,28)6-5-22-14-8(19)4-3-7-9(14)16(25)11-10(15(7)24)17(26)12(20)13(21)18(11)27/h9,34-35H,5-8H2,1-4H3,(H2-2,26,27,30,31,32,33);5-6,33-34H,7-10H2,1-4H3,(H2-2,25,26,29,30,31,32);5-6,11,32-33H,7-10H2,1-4H3,(H2-2,24,25,28,29,30,31);3-4,28H,5-6H2,1-2H3,(H2-,22,24,25,26,27)/p+7. The van der Waals surface area contributed by atoms with Crippen molar-refractivity contribution in [1.29, 1.82) is 0 Å². The molecule has 0 bridgehead atoms. The highest BCUT2D eigenvalue weighted by Gasteiger charge is 2.47. The Labute approximate surface area is 734 Å². The number of aromatic hydroxyl groups is 8. The summed E-state index contributed by atoms with van der Waals surface area (Å²) in [5.41, 5.74) is -10.6. The normalized spacial score (nSPS) is 13.5. The maximum Gasteiger partial charge on any atom is 0.205 e. The van der Waals surface area contributed by atoms with E-state index in [4.69, 9.17) is 0 Å². The molecule has 37 nitrogen and oxygen atoms in total. The van der Waals surface area contributed by atoms with Crippen LogP contribution in [0.25, 0.3) is 0 Å². The van der Waals surface area contributed by atoms with Crippen LogP contribution in [0.2, 0.25) is 0 Å². The van der Waals surface area contributed by atoms with Gasteiger partial charge in [-0.05, 0) is 42.5 Å². The van der Waals surface area contributed by atoms with E-state index in [9.17, 15) is 142 Å². The van der Waals surface area contributed by atoms with Crippen molar-refractivity contribution in [2.75, 3.05) is 228 Å². The van der Waals surface area contributed by atoms with Gasteiger partial charge < -0.3 is 78.1 Å². The highest BCUT2D eigenvalue weighted by atomic mass is 19.2.